The van der Waals surface area contributed by atoms with Crippen LogP contribution < -0.4 is 10.6 Å². The van der Waals surface area contributed by atoms with Gasteiger partial charge in [0.1, 0.15) is 0 Å². The SMILES string of the molecule is CCc1ccc(C(C)NCC2CCC(=O)N2)cc1. The minimum absolute atomic E-state index is 0.182. The van der Waals surface area contributed by atoms with Crippen LogP contribution in [-0.2, 0) is 11.2 Å². The molecule has 1 aliphatic heterocycles. The van der Waals surface area contributed by atoms with Gasteiger partial charge in [-0.25, -0.2) is 0 Å². The normalized spacial score (nSPS) is 20.8. The van der Waals surface area contributed by atoms with Crippen LogP contribution in [0.4, 0.5) is 0 Å². The Morgan fingerprint density at radius 2 is 2.11 bits per heavy atom. The van der Waals surface area contributed by atoms with E-state index < -0.39 is 0 Å². The molecule has 1 amide bonds. The van der Waals surface area contributed by atoms with E-state index in [-0.39, 0.29) is 5.91 Å². The molecule has 1 aromatic rings. The summed E-state index contributed by atoms with van der Waals surface area (Å²) in [6.07, 6.45) is 2.70. The molecule has 2 N–H and O–H groups in total. The number of nitrogens with one attached hydrogen (secondary N) is 2. The van der Waals surface area contributed by atoms with Crippen LogP contribution in [0.25, 0.3) is 0 Å². The molecule has 2 rings (SSSR count). The molecule has 98 valence electrons. The van der Waals surface area contributed by atoms with Gasteiger partial charge in [-0.15, -0.1) is 0 Å². The fourth-order valence-electron chi connectivity index (χ4n) is 2.31. The number of rotatable bonds is 5. The predicted octanol–water partition coefficient (Wildman–Crippen LogP) is 2.18. The summed E-state index contributed by atoms with van der Waals surface area (Å²) in [6, 6.07) is 9.37. The molecule has 1 aliphatic rings. The molecule has 18 heavy (non-hydrogen) atoms. The average Bonchev–Trinajstić information content (AvgIpc) is 2.82. The van der Waals surface area contributed by atoms with Crippen molar-refractivity contribution in [2.45, 2.75) is 45.2 Å². The van der Waals surface area contributed by atoms with E-state index in [1.807, 2.05) is 0 Å². The first-order chi connectivity index (χ1) is 8.69. The van der Waals surface area contributed by atoms with Crippen molar-refractivity contribution in [1.29, 1.82) is 0 Å². The van der Waals surface area contributed by atoms with E-state index in [1.54, 1.807) is 0 Å². The molecule has 1 saturated heterocycles. The third-order valence-corrected chi connectivity index (χ3v) is 3.64. The summed E-state index contributed by atoms with van der Waals surface area (Å²) >= 11 is 0. The first-order valence-corrected chi connectivity index (χ1v) is 6.80. The molecule has 3 nitrogen and oxygen atoms in total. The maximum atomic E-state index is 11.1. The first kappa shape index (κ1) is 13.1. The molecule has 2 atom stereocenters. The van der Waals surface area contributed by atoms with Crippen LogP contribution in [0.2, 0.25) is 0 Å². The van der Waals surface area contributed by atoms with Gasteiger partial charge in [0.15, 0.2) is 0 Å². The third kappa shape index (κ3) is 3.33. The molecule has 3 heteroatoms. The van der Waals surface area contributed by atoms with Gasteiger partial charge >= 0.3 is 0 Å². The average molecular weight is 246 g/mol. The number of benzene rings is 1. The van der Waals surface area contributed by atoms with Crippen molar-refractivity contribution >= 4 is 5.91 Å². The Morgan fingerprint density at radius 3 is 2.67 bits per heavy atom. The molecular weight excluding hydrogens is 224 g/mol. The minimum Gasteiger partial charge on any atom is -0.352 e. The van der Waals surface area contributed by atoms with E-state index in [0.717, 1.165) is 19.4 Å². The second kappa shape index (κ2) is 6.01. The highest BCUT2D eigenvalue weighted by atomic mass is 16.1. The van der Waals surface area contributed by atoms with Gasteiger partial charge in [-0.05, 0) is 30.9 Å². The lowest BCUT2D eigenvalue weighted by molar-refractivity contribution is -0.119. The lowest BCUT2D eigenvalue weighted by atomic mass is 10.0. The quantitative estimate of drug-likeness (QED) is 0.836. The highest BCUT2D eigenvalue weighted by molar-refractivity contribution is 5.78. The van der Waals surface area contributed by atoms with Crippen LogP contribution in [-0.4, -0.2) is 18.5 Å². The Kier molecular flexibility index (Phi) is 4.37. The number of carbonyl (C=O) groups excluding carboxylic acids is 1. The molecule has 0 aromatic heterocycles. The number of amides is 1. The lowest BCUT2D eigenvalue weighted by Crippen LogP contribution is -2.36. The molecule has 1 aromatic carbocycles. The van der Waals surface area contributed by atoms with E-state index in [4.69, 9.17) is 0 Å². The van der Waals surface area contributed by atoms with Gasteiger partial charge in [-0.1, -0.05) is 31.2 Å². The maximum Gasteiger partial charge on any atom is 0.220 e. The Bertz CT molecular complexity index is 399. The predicted molar refractivity (Wildman–Crippen MR) is 73.4 cm³/mol. The van der Waals surface area contributed by atoms with Crippen molar-refractivity contribution in [2.24, 2.45) is 0 Å². The first-order valence-electron chi connectivity index (χ1n) is 6.80. The Balaban J connectivity index is 1.83. The molecule has 1 heterocycles. The van der Waals surface area contributed by atoms with Crippen molar-refractivity contribution in [3.63, 3.8) is 0 Å². The van der Waals surface area contributed by atoms with Crippen molar-refractivity contribution in [3.8, 4) is 0 Å². The molecular formula is C15H22N2O. The zero-order valence-electron chi connectivity index (χ0n) is 11.2. The zero-order chi connectivity index (χ0) is 13.0. The maximum absolute atomic E-state index is 11.1. The summed E-state index contributed by atoms with van der Waals surface area (Å²) in [4.78, 5) is 11.1. The molecule has 0 radical (unpaired) electrons. The Hall–Kier alpha value is -1.35. The molecule has 0 aliphatic carbocycles. The largest absolute Gasteiger partial charge is 0.352 e. The lowest BCUT2D eigenvalue weighted by Gasteiger charge is -2.18. The summed E-state index contributed by atoms with van der Waals surface area (Å²) in [7, 11) is 0. The molecule has 0 bridgehead atoms. The minimum atomic E-state index is 0.182. The van der Waals surface area contributed by atoms with Gasteiger partial charge in [-0.2, -0.15) is 0 Å². The summed E-state index contributed by atoms with van der Waals surface area (Å²) in [5.41, 5.74) is 2.67. The number of hydrogen-bond donors (Lipinski definition) is 2. The molecule has 0 spiro atoms. The number of hydrogen-bond acceptors (Lipinski definition) is 2. The van der Waals surface area contributed by atoms with Crippen molar-refractivity contribution < 1.29 is 4.79 Å². The van der Waals surface area contributed by atoms with Gasteiger partial charge in [0.2, 0.25) is 5.91 Å². The van der Waals surface area contributed by atoms with E-state index in [2.05, 4.69) is 48.7 Å². The highest BCUT2D eigenvalue weighted by Gasteiger charge is 2.20. The second-order valence-electron chi connectivity index (χ2n) is 5.03. The summed E-state index contributed by atoms with van der Waals surface area (Å²) < 4.78 is 0. The van der Waals surface area contributed by atoms with Gasteiger partial charge in [0.25, 0.3) is 0 Å². The van der Waals surface area contributed by atoms with Crippen LogP contribution in [0, 0.1) is 0 Å². The van der Waals surface area contributed by atoms with E-state index >= 15 is 0 Å². The van der Waals surface area contributed by atoms with Crippen molar-refractivity contribution in [2.75, 3.05) is 6.54 Å². The van der Waals surface area contributed by atoms with Crippen LogP contribution >= 0.6 is 0 Å². The van der Waals surface area contributed by atoms with Gasteiger partial charge in [-0.3, -0.25) is 4.79 Å². The van der Waals surface area contributed by atoms with Crippen LogP contribution in [0.1, 0.15) is 43.9 Å². The smallest absolute Gasteiger partial charge is 0.220 e. The second-order valence-corrected chi connectivity index (χ2v) is 5.03. The van der Waals surface area contributed by atoms with E-state index in [1.165, 1.54) is 11.1 Å². The highest BCUT2D eigenvalue weighted by Crippen LogP contribution is 2.14. The van der Waals surface area contributed by atoms with Gasteiger partial charge < -0.3 is 10.6 Å². The standard InChI is InChI=1S/C15H22N2O/c1-3-12-4-6-13(7-5-12)11(2)16-10-14-8-9-15(18)17-14/h4-7,11,14,16H,3,8-10H2,1-2H3,(H,17,18). The third-order valence-electron chi connectivity index (χ3n) is 3.64. The molecule has 2 unspecified atom stereocenters. The monoisotopic (exact) mass is 246 g/mol. The van der Waals surface area contributed by atoms with Gasteiger partial charge in [0.05, 0.1) is 0 Å². The van der Waals surface area contributed by atoms with Gasteiger partial charge in [0, 0.05) is 25.0 Å². The fraction of sp³-hybridized carbons (Fsp3) is 0.533. The Labute approximate surface area is 109 Å². The Morgan fingerprint density at radius 1 is 1.39 bits per heavy atom. The number of carbonyl (C=O) groups is 1. The molecule has 0 saturated carbocycles. The van der Waals surface area contributed by atoms with E-state index in [0.29, 0.717) is 18.5 Å². The summed E-state index contributed by atoms with van der Waals surface area (Å²) in [5.74, 6) is 0.182. The molecule has 1 fully saturated rings. The summed E-state index contributed by atoms with van der Waals surface area (Å²) in [6.45, 7) is 5.18. The zero-order valence-corrected chi connectivity index (χ0v) is 11.2. The topological polar surface area (TPSA) is 41.1 Å². The fourth-order valence-corrected chi connectivity index (χ4v) is 2.31. The van der Waals surface area contributed by atoms with E-state index in [9.17, 15) is 4.79 Å². The van der Waals surface area contributed by atoms with Crippen LogP contribution in [0.15, 0.2) is 24.3 Å². The van der Waals surface area contributed by atoms with Crippen LogP contribution in [0.5, 0.6) is 0 Å². The summed E-state index contributed by atoms with van der Waals surface area (Å²) in [5, 5.41) is 6.46. The van der Waals surface area contributed by atoms with Crippen LogP contribution in [0.3, 0.4) is 0 Å². The van der Waals surface area contributed by atoms with Crippen molar-refractivity contribution in [3.05, 3.63) is 35.4 Å². The number of aryl methyl sites for hydroxylation is 1. The van der Waals surface area contributed by atoms with Crippen molar-refractivity contribution in [1.82, 2.24) is 10.6 Å².